The average Bonchev–Trinajstić information content (AvgIpc) is 3.29. The summed E-state index contributed by atoms with van der Waals surface area (Å²) in [6.07, 6.45) is 4.42. The number of aliphatic hydroxyl groups is 1. The van der Waals surface area contributed by atoms with Gasteiger partial charge < -0.3 is 5.11 Å². The topological polar surface area (TPSA) is 20.2 Å². The van der Waals surface area contributed by atoms with Crippen LogP contribution in [0.15, 0.2) is 115 Å². The van der Waals surface area contributed by atoms with Crippen LogP contribution in [0, 0.1) is 0 Å². The minimum atomic E-state index is -1.23. The molecule has 0 radical (unpaired) electrons. The van der Waals surface area contributed by atoms with E-state index in [0.29, 0.717) is 0 Å². The summed E-state index contributed by atoms with van der Waals surface area (Å²) < 4.78 is 0. The first-order valence-electron chi connectivity index (χ1n) is 10.4. The van der Waals surface area contributed by atoms with Crippen LogP contribution in [0.25, 0.3) is 6.08 Å². The molecule has 0 spiro atoms. The van der Waals surface area contributed by atoms with E-state index in [1.807, 2.05) is 66.7 Å². The van der Waals surface area contributed by atoms with Crippen molar-refractivity contribution in [1.82, 2.24) is 0 Å². The summed E-state index contributed by atoms with van der Waals surface area (Å²) in [6.45, 7) is 0. The molecule has 4 aromatic rings. The van der Waals surface area contributed by atoms with Gasteiger partial charge in [-0.05, 0) is 33.4 Å². The molecule has 1 nitrogen and oxygen atoms in total. The van der Waals surface area contributed by atoms with Crippen LogP contribution < -0.4 is 0 Å². The predicted octanol–water partition coefficient (Wildman–Crippen LogP) is 7.51. The number of allylic oxidation sites excluding steroid dienone is 1. The molecule has 0 aliphatic heterocycles. The molecule has 0 saturated heterocycles. The fraction of sp³-hybridized carbons (Fsp3) is 0.0714. The van der Waals surface area contributed by atoms with Crippen LogP contribution in [0.4, 0.5) is 0 Å². The van der Waals surface area contributed by atoms with Crippen LogP contribution in [-0.4, -0.2) is 5.11 Å². The van der Waals surface area contributed by atoms with Crippen molar-refractivity contribution >= 4 is 24.7 Å². The van der Waals surface area contributed by atoms with E-state index < -0.39 is 22.6 Å². The molecule has 0 heterocycles. The van der Waals surface area contributed by atoms with Crippen LogP contribution in [0.2, 0.25) is 0 Å². The Kier molecular flexibility index (Phi) is 7.68. The van der Waals surface area contributed by atoms with Crippen molar-refractivity contribution in [3.63, 3.8) is 0 Å². The van der Waals surface area contributed by atoms with E-state index in [2.05, 4.69) is 54.6 Å². The number of fused-ring (bicyclic) bond motifs is 1. The van der Waals surface area contributed by atoms with Gasteiger partial charge in [0.2, 0.25) is 0 Å². The van der Waals surface area contributed by atoms with Crippen molar-refractivity contribution in [3.05, 3.63) is 149 Å². The maximum absolute atomic E-state index is 12.3. The van der Waals surface area contributed by atoms with Crippen molar-refractivity contribution < 1.29 is 22.1 Å². The van der Waals surface area contributed by atoms with Gasteiger partial charge >= 0.3 is 35.6 Å². The standard InChI is InChI=1S/C28H22O.2ClH.Ti/c29-28(22-12-3-1-4-13-22,23-14-5-2-6-15-23)27-18-10-9-17-26(27)25-20-19-21-11-7-8-16-24(21)25;;;/h1-20,25,29H;2*1H;/q;;;+2/p-2. The Morgan fingerprint density at radius 3 is 1.69 bits per heavy atom. The summed E-state index contributed by atoms with van der Waals surface area (Å²) in [5, 5.41) is 12.3. The Morgan fingerprint density at radius 1 is 0.625 bits per heavy atom. The molecule has 0 saturated carbocycles. The number of rotatable bonds is 4. The molecule has 4 aromatic carbocycles. The van der Waals surface area contributed by atoms with Crippen molar-refractivity contribution in [1.29, 1.82) is 0 Å². The summed E-state index contributed by atoms with van der Waals surface area (Å²) >= 11 is -0.556. The first-order chi connectivity index (χ1) is 15.7. The molecule has 32 heavy (non-hydrogen) atoms. The Hall–Kier alpha value is -2.13. The Morgan fingerprint density at radius 2 is 1.09 bits per heavy atom. The maximum atomic E-state index is 12.3. The van der Waals surface area contributed by atoms with Gasteiger partial charge in [0, 0.05) is 5.92 Å². The fourth-order valence-corrected chi connectivity index (χ4v) is 4.45. The predicted molar refractivity (Wildman–Crippen MR) is 130 cm³/mol. The molecule has 5 rings (SSSR count). The molecule has 1 aliphatic carbocycles. The van der Waals surface area contributed by atoms with E-state index >= 15 is 0 Å². The summed E-state index contributed by atoms with van der Waals surface area (Å²) in [4.78, 5) is 0. The van der Waals surface area contributed by atoms with E-state index in [1.54, 1.807) is 0 Å². The second-order valence-electron chi connectivity index (χ2n) is 7.57. The molecule has 0 amide bonds. The third kappa shape index (κ3) is 4.50. The molecule has 0 fully saturated rings. The molecule has 158 valence electrons. The van der Waals surface area contributed by atoms with Gasteiger partial charge in [-0.25, -0.2) is 0 Å². The molecule has 4 heteroatoms. The van der Waals surface area contributed by atoms with Gasteiger partial charge in [0.05, 0.1) is 0 Å². The van der Waals surface area contributed by atoms with Crippen LogP contribution >= 0.6 is 18.6 Å². The van der Waals surface area contributed by atoms with Crippen LogP contribution in [0.1, 0.15) is 39.3 Å². The van der Waals surface area contributed by atoms with E-state index in [4.69, 9.17) is 18.6 Å². The van der Waals surface area contributed by atoms with Crippen LogP contribution in [-0.2, 0) is 22.6 Å². The fourth-order valence-electron chi connectivity index (χ4n) is 4.45. The van der Waals surface area contributed by atoms with Crippen molar-refractivity contribution in [2.75, 3.05) is 0 Å². The van der Waals surface area contributed by atoms with Crippen molar-refractivity contribution in [2.45, 2.75) is 11.5 Å². The van der Waals surface area contributed by atoms with Gasteiger partial charge in [-0.2, -0.15) is 0 Å². The van der Waals surface area contributed by atoms with Crippen LogP contribution in [0.3, 0.4) is 0 Å². The van der Waals surface area contributed by atoms with Gasteiger partial charge in [-0.15, -0.1) is 0 Å². The average molecular weight is 493 g/mol. The third-order valence-corrected chi connectivity index (χ3v) is 5.87. The summed E-state index contributed by atoms with van der Waals surface area (Å²) in [5.74, 6) is 0.126. The van der Waals surface area contributed by atoms with E-state index in [0.717, 1.165) is 22.3 Å². The summed E-state index contributed by atoms with van der Waals surface area (Å²) in [7, 11) is 9.78. The van der Waals surface area contributed by atoms with Crippen LogP contribution in [0.5, 0.6) is 0 Å². The van der Waals surface area contributed by atoms with Gasteiger partial charge in [-0.1, -0.05) is 121 Å². The molecular weight excluding hydrogens is 471 g/mol. The Labute approximate surface area is 206 Å². The van der Waals surface area contributed by atoms with E-state index in [1.165, 1.54) is 11.1 Å². The normalized spacial score (nSPS) is 14.3. The van der Waals surface area contributed by atoms with E-state index in [9.17, 15) is 5.11 Å². The zero-order chi connectivity index (χ0) is 22.4. The van der Waals surface area contributed by atoms with Gasteiger partial charge in [0.1, 0.15) is 5.60 Å². The first-order valence-corrected chi connectivity index (χ1v) is 14.7. The second kappa shape index (κ2) is 10.7. The van der Waals surface area contributed by atoms with Crippen molar-refractivity contribution in [2.24, 2.45) is 0 Å². The summed E-state index contributed by atoms with van der Waals surface area (Å²) in [5.41, 5.74) is 5.08. The minimum absolute atomic E-state index is 0.126. The molecule has 1 N–H and O–H groups in total. The SMILES string of the molecule is OC(c1ccccc1)(c1ccccc1)c1ccccc1C1C=Cc2ccccc21.[Cl][Ti][Cl]. The molecule has 1 atom stereocenters. The number of hydrogen-bond donors (Lipinski definition) is 1. The first kappa shape index (κ1) is 23.0. The Balaban J connectivity index is 0.000000775. The molecular formula is C28H22Cl2OTi. The number of hydrogen-bond acceptors (Lipinski definition) is 1. The van der Waals surface area contributed by atoms with Gasteiger partial charge in [0.25, 0.3) is 0 Å². The monoisotopic (exact) mass is 492 g/mol. The molecule has 0 bridgehead atoms. The zero-order valence-corrected chi connectivity index (χ0v) is 20.4. The third-order valence-electron chi connectivity index (χ3n) is 5.87. The van der Waals surface area contributed by atoms with Gasteiger partial charge in [-0.3, -0.25) is 0 Å². The summed E-state index contributed by atoms with van der Waals surface area (Å²) in [6, 6.07) is 36.7. The number of halogens is 2. The molecule has 1 aliphatic rings. The van der Waals surface area contributed by atoms with E-state index in [-0.39, 0.29) is 5.92 Å². The van der Waals surface area contributed by atoms with Gasteiger partial charge in [0.15, 0.2) is 0 Å². The Bertz CT molecular complexity index is 1150. The molecule has 0 aromatic heterocycles. The van der Waals surface area contributed by atoms with Crippen molar-refractivity contribution in [3.8, 4) is 0 Å². The molecule has 1 unspecified atom stereocenters. The quantitative estimate of drug-likeness (QED) is 0.231. The zero-order valence-electron chi connectivity index (χ0n) is 17.3. The second-order valence-corrected chi connectivity index (χ2v) is 10.1. The number of benzene rings is 4.